The average Bonchev–Trinajstić information content (AvgIpc) is 3.37. The van der Waals surface area contributed by atoms with Crippen LogP contribution in [-0.2, 0) is 6.54 Å². The van der Waals surface area contributed by atoms with E-state index >= 15 is 0 Å². The van der Waals surface area contributed by atoms with Crippen molar-refractivity contribution in [2.75, 3.05) is 4.90 Å². The van der Waals surface area contributed by atoms with Crippen molar-refractivity contribution >= 4 is 54.1 Å². The summed E-state index contributed by atoms with van der Waals surface area (Å²) < 4.78 is 2.09. The maximum atomic E-state index is 13.5. The van der Waals surface area contributed by atoms with Gasteiger partial charge in [0.15, 0.2) is 10.1 Å². The molecule has 0 N–H and O–H groups in total. The van der Waals surface area contributed by atoms with E-state index in [1.54, 1.807) is 4.90 Å². The van der Waals surface area contributed by atoms with Gasteiger partial charge in [0.2, 0.25) is 0 Å². The number of nitrogens with zero attached hydrogens (tertiary/aromatic N) is 3. The molecule has 2 aromatic heterocycles. The number of carbonyl (C=O) groups is 1. The number of benzene rings is 3. The summed E-state index contributed by atoms with van der Waals surface area (Å²) in [6.07, 6.45) is 0. The van der Waals surface area contributed by atoms with Gasteiger partial charge in [0.25, 0.3) is 5.91 Å². The molecule has 2 heterocycles. The molecule has 29 heavy (non-hydrogen) atoms. The zero-order valence-corrected chi connectivity index (χ0v) is 17.3. The van der Waals surface area contributed by atoms with Crippen molar-refractivity contribution in [2.24, 2.45) is 0 Å². The summed E-state index contributed by atoms with van der Waals surface area (Å²) in [4.78, 5) is 24.7. The first kappa shape index (κ1) is 18.0. The standard InChI is InChI=1S/C23H17N3OS2/c1-15-8-7-13-19-20(15)25-23(29-19)26(14-16-9-3-2-4-10-16)22(27)21-24-17-11-5-6-12-18(17)28-21/h2-13H,14H2,1H3. The molecule has 5 aromatic rings. The van der Waals surface area contributed by atoms with Crippen molar-refractivity contribution in [3.05, 3.63) is 88.9 Å². The average molecular weight is 416 g/mol. The molecule has 0 radical (unpaired) electrons. The largest absolute Gasteiger partial charge is 0.289 e. The van der Waals surface area contributed by atoms with Crippen LogP contribution in [0.25, 0.3) is 20.4 Å². The van der Waals surface area contributed by atoms with E-state index < -0.39 is 0 Å². The van der Waals surface area contributed by atoms with Crippen molar-refractivity contribution in [3.63, 3.8) is 0 Å². The van der Waals surface area contributed by atoms with Crippen molar-refractivity contribution in [1.29, 1.82) is 0 Å². The molecular formula is C23H17N3OS2. The molecule has 0 aliphatic carbocycles. The molecule has 0 atom stereocenters. The minimum absolute atomic E-state index is 0.119. The van der Waals surface area contributed by atoms with Gasteiger partial charge in [-0.25, -0.2) is 9.97 Å². The molecule has 0 bridgehead atoms. The summed E-state index contributed by atoms with van der Waals surface area (Å²) in [5, 5.41) is 1.18. The van der Waals surface area contributed by atoms with Gasteiger partial charge >= 0.3 is 0 Å². The van der Waals surface area contributed by atoms with Crippen LogP contribution in [0.2, 0.25) is 0 Å². The monoisotopic (exact) mass is 415 g/mol. The van der Waals surface area contributed by atoms with Gasteiger partial charge < -0.3 is 0 Å². The Morgan fingerprint density at radius 3 is 2.41 bits per heavy atom. The number of para-hydroxylation sites is 2. The van der Waals surface area contributed by atoms with Gasteiger partial charge in [-0.15, -0.1) is 11.3 Å². The zero-order valence-electron chi connectivity index (χ0n) is 15.7. The Morgan fingerprint density at radius 2 is 1.62 bits per heavy atom. The summed E-state index contributed by atoms with van der Waals surface area (Å²) in [5.41, 5.74) is 3.96. The number of amides is 1. The second-order valence-electron chi connectivity index (χ2n) is 6.78. The number of aromatic nitrogens is 2. The minimum Gasteiger partial charge on any atom is -0.277 e. The van der Waals surface area contributed by atoms with E-state index in [9.17, 15) is 4.79 Å². The molecule has 0 saturated carbocycles. The van der Waals surface area contributed by atoms with Crippen molar-refractivity contribution in [2.45, 2.75) is 13.5 Å². The van der Waals surface area contributed by atoms with Crippen LogP contribution in [0.1, 0.15) is 20.9 Å². The summed E-state index contributed by atoms with van der Waals surface area (Å²) in [5.74, 6) is -0.119. The molecule has 142 valence electrons. The summed E-state index contributed by atoms with van der Waals surface area (Å²) in [6.45, 7) is 2.50. The van der Waals surface area contributed by atoms with Gasteiger partial charge in [-0.2, -0.15) is 0 Å². The second-order valence-corrected chi connectivity index (χ2v) is 8.82. The Hall–Kier alpha value is -3.09. The Morgan fingerprint density at radius 1 is 0.862 bits per heavy atom. The lowest BCUT2D eigenvalue weighted by Gasteiger charge is -2.18. The first-order valence-corrected chi connectivity index (χ1v) is 10.9. The highest BCUT2D eigenvalue weighted by molar-refractivity contribution is 7.23. The maximum absolute atomic E-state index is 13.5. The Kier molecular flexibility index (Phi) is 4.58. The summed E-state index contributed by atoms with van der Waals surface area (Å²) in [6, 6.07) is 23.9. The molecule has 5 rings (SSSR count). The molecule has 0 unspecified atom stereocenters. The maximum Gasteiger partial charge on any atom is 0.289 e. The van der Waals surface area contributed by atoms with Crippen LogP contribution >= 0.6 is 22.7 Å². The quantitative estimate of drug-likeness (QED) is 0.358. The fourth-order valence-electron chi connectivity index (χ4n) is 3.26. The van der Waals surface area contributed by atoms with E-state index in [2.05, 4.69) is 4.98 Å². The summed E-state index contributed by atoms with van der Waals surface area (Å²) >= 11 is 2.96. The molecule has 0 fully saturated rings. The molecule has 0 saturated heterocycles. The van der Waals surface area contributed by atoms with Crippen LogP contribution in [0, 0.1) is 6.92 Å². The van der Waals surface area contributed by atoms with E-state index in [0.29, 0.717) is 16.7 Å². The molecule has 0 spiro atoms. The highest BCUT2D eigenvalue weighted by atomic mass is 32.1. The van der Waals surface area contributed by atoms with E-state index in [1.165, 1.54) is 22.7 Å². The van der Waals surface area contributed by atoms with Crippen molar-refractivity contribution in [1.82, 2.24) is 9.97 Å². The Labute approximate surface area is 176 Å². The van der Waals surface area contributed by atoms with Crippen LogP contribution in [0.15, 0.2) is 72.8 Å². The van der Waals surface area contributed by atoms with Crippen molar-refractivity contribution in [3.8, 4) is 0 Å². The zero-order chi connectivity index (χ0) is 19.8. The molecule has 0 aliphatic rings. The van der Waals surface area contributed by atoms with Crippen LogP contribution in [0.5, 0.6) is 0 Å². The highest BCUT2D eigenvalue weighted by Gasteiger charge is 2.25. The molecule has 1 amide bonds. The molecular weight excluding hydrogens is 398 g/mol. The fraction of sp³-hybridized carbons (Fsp3) is 0.0870. The van der Waals surface area contributed by atoms with Crippen LogP contribution in [0.3, 0.4) is 0 Å². The van der Waals surface area contributed by atoms with E-state index in [4.69, 9.17) is 4.98 Å². The third-order valence-electron chi connectivity index (χ3n) is 4.75. The molecule has 3 aromatic carbocycles. The molecule has 4 nitrogen and oxygen atoms in total. The lowest BCUT2D eigenvalue weighted by molar-refractivity contribution is 0.0985. The number of hydrogen-bond acceptors (Lipinski definition) is 5. The predicted molar refractivity (Wildman–Crippen MR) is 121 cm³/mol. The number of fused-ring (bicyclic) bond motifs is 2. The summed E-state index contributed by atoms with van der Waals surface area (Å²) in [7, 11) is 0. The number of thiazole rings is 2. The topological polar surface area (TPSA) is 46.1 Å². The Balaban J connectivity index is 1.60. The highest BCUT2D eigenvalue weighted by Crippen LogP contribution is 2.33. The van der Waals surface area contributed by atoms with Crippen LogP contribution in [-0.4, -0.2) is 15.9 Å². The van der Waals surface area contributed by atoms with Gasteiger partial charge in [0.1, 0.15) is 0 Å². The van der Waals surface area contributed by atoms with E-state index in [1.807, 2.05) is 79.7 Å². The number of rotatable bonds is 4. The van der Waals surface area contributed by atoms with Gasteiger partial charge in [0.05, 0.1) is 27.0 Å². The smallest absolute Gasteiger partial charge is 0.277 e. The fourth-order valence-corrected chi connectivity index (χ4v) is 5.22. The third-order valence-corrected chi connectivity index (χ3v) is 6.81. The normalized spacial score (nSPS) is 11.2. The van der Waals surface area contributed by atoms with Crippen LogP contribution < -0.4 is 4.90 Å². The number of anilines is 1. The molecule has 0 aliphatic heterocycles. The third kappa shape index (κ3) is 3.41. The van der Waals surface area contributed by atoms with Crippen LogP contribution in [0.4, 0.5) is 5.13 Å². The predicted octanol–water partition coefficient (Wildman–Crippen LogP) is 6.06. The van der Waals surface area contributed by atoms with E-state index in [-0.39, 0.29) is 5.91 Å². The van der Waals surface area contributed by atoms with Gasteiger partial charge in [-0.3, -0.25) is 9.69 Å². The SMILES string of the molecule is Cc1cccc2sc(N(Cc3ccccc3)C(=O)c3nc4ccccc4s3)nc12. The number of hydrogen-bond donors (Lipinski definition) is 0. The lowest BCUT2D eigenvalue weighted by Crippen LogP contribution is -2.30. The Bertz CT molecular complexity index is 1290. The number of aryl methyl sites for hydroxylation is 1. The molecule has 6 heteroatoms. The van der Waals surface area contributed by atoms with Gasteiger partial charge in [-0.05, 0) is 36.2 Å². The van der Waals surface area contributed by atoms with E-state index in [0.717, 1.165) is 31.6 Å². The first-order chi connectivity index (χ1) is 14.2. The second kappa shape index (κ2) is 7.39. The lowest BCUT2D eigenvalue weighted by atomic mass is 10.2. The van der Waals surface area contributed by atoms with Gasteiger partial charge in [-0.1, -0.05) is 65.9 Å². The first-order valence-electron chi connectivity index (χ1n) is 9.26. The van der Waals surface area contributed by atoms with Crippen molar-refractivity contribution < 1.29 is 4.79 Å². The minimum atomic E-state index is -0.119. The van der Waals surface area contributed by atoms with Gasteiger partial charge in [0, 0.05) is 0 Å². The number of carbonyl (C=O) groups excluding carboxylic acids is 1.